The number of carbonyl (C=O) groups excluding carboxylic acids is 1. The molecule has 0 radical (unpaired) electrons. The summed E-state index contributed by atoms with van der Waals surface area (Å²) in [6.45, 7) is 1.99. The highest BCUT2D eigenvalue weighted by atomic mass is 19.1. The third-order valence-corrected chi connectivity index (χ3v) is 3.02. The van der Waals surface area contributed by atoms with Crippen LogP contribution in [0, 0.1) is 12.7 Å². The summed E-state index contributed by atoms with van der Waals surface area (Å²) >= 11 is 0. The molecule has 0 saturated carbocycles. The molecule has 0 unspecified atom stereocenters. The van der Waals surface area contributed by atoms with Gasteiger partial charge in [-0.15, -0.1) is 0 Å². The summed E-state index contributed by atoms with van der Waals surface area (Å²) in [5, 5.41) is 2.51. The number of para-hydroxylation sites is 1. The van der Waals surface area contributed by atoms with Gasteiger partial charge in [-0.1, -0.05) is 24.3 Å². The lowest BCUT2D eigenvalue weighted by atomic mass is 10.2. The third-order valence-electron chi connectivity index (χ3n) is 3.02. The second-order valence-electron chi connectivity index (χ2n) is 4.62. The molecule has 2 rings (SSSR count). The van der Waals surface area contributed by atoms with Gasteiger partial charge in [-0.05, 0) is 36.2 Å². The molecule has 0 atom stereocenters. The van der Waals surface area contributed by atoms with E-state index in [9.17, 15) is 9.18 Å². The fourth-order valence-corrected chi connectivity index (χ4v) is 1.84. The fraction of sp³-hybridized carbons (Fsp3) is 0.188. The molecule has 2 aromatic carbocycles. The molecular weight excluding hydrogens is 271 g/mol. The number of hydrogen-bond donors (Lipinski definition) is 2. The topological polar surface area (TPSA) is 64.3 Å². The summed E-state index contributed by atoms with van der Waals surface area (Å²) in [7, 11) is 0. The van der Waals surface area contributed by atoms with Gasteiger partial charge in [-0.3, -0.25) is 4.79 Å². The van der Waals surface area contributed by atoms with Crippen molar-refractivity contribution < 1.29 is 13.9 Å². The minimum atomic E-state index is -0.462. The lowest BCUT2D eigenvalue weighted by Crippen LogP contribution is -2.21. The van der Waals surface area contributed by atoms with Crippen LogP contribution in [-0.4, -0.2) is 12.5 Å². The van der Waals surface area contributed by atoms with Gasteiger partial charge in [0.15, 0.2) is 6.61 Å². The fourth-order valence-electron chi connectivity index (χ4n) is 1.84. The molecule has 0 aliphatic heterocycles. The van der Waals surface area contributed by atoms with Gasteiger partial charge in [-0.2, -0.15) is 0 Å². The van der Waals surface area contributed by atoms with Gasteiger partial charge in [0.25, 0.3) is 5.91 Å². The van der Waals surface area contributed by atoms with E-state index < -0.39 is 11.7 Å². The highest BCUT2D eigenvalue weighted by Gasteiger charge is 2.09. The largest absolute Gasteiger partial charge is 0.484 e. The van der Waals surface area contributed by atoms with Crippen molar-refractivity contribution in [3.63, 3.8) is 0 Å². The van der Waals surface area contributed by atoms with Gasteiger partial charge in [0.05, 0.1) is 5.69 Å². The molecule has 0 aliphatic carbocycles. The first-order valence-corrected chi connectivity index (χ1v) is 6.57. The van der Waals surface area contributed by atoms with E-state index >= 15 is 0 Å². The summed E-state index contributed by atoms with van der Waals surface area (Å²) in [6.07, 6.45) is 0. The van der Waals surface area contributed by atoms with E-state index in [2.05, 4.69) is 5.32 Å². The Kier molecular flexibility index (Phi) is 4.90. The first kappa shape index (κ1) is 15.0. The maximum absolute atomic E-state index is 13.6. The van der Waals surface area contributed by atoms with Crippen LogP contribution in [0.1, 0.15) is 11.1 Å². The van der Waals surface area contributed by atoms with Crippen molar-refractivity contribution in [3.05, 3.63) is 59.4 Å². The van der Waals surface area contributed by atoms with Crippen LogP contribution in [0.3, 0.4) is 0 Å². The number of nitrogens with two attached hydrogens (primary N) is 1. The molecule has 1 amide bonds. The quantitative estimate of drug-likeness (QED) is 0.889. The van der Waals surface area contributed by atoms with E-state index in [4.69, 9.17) is 10.5 Å². The molecule has 21 heavy (non-hydrogen) atoms. The van der Waals surface area contributed by atoms with Crippen LogP contribution in [0.25, 0.3) is 0 Å². The van der Waals surface area contributed by atoms with E-state index in [0.29, 0.717) is 17.9 Å². The summed E-state index contributed by atoms with van der Waals surface area (Å²) < 4.78 is 18.9. The number of halogens is 1. The number of ether oxygens (including phenoxy) is 1. The Morgan fingerprint density at radius 1 is 1.24 bits per heavy atom. The zero-order chi connectivity index (χ0) is 15.2. The van der Waals surface area contributed by atoms with Gasteiger partial charge in [0, 0.05) is 6.54 Å². The summed E-state index contributed by atoms with van der Waals surface area (Å²) in [5.74, 6) is -0.311. The van der Waals surface area contributed by atoms with Crippen molar-refractivity contribution in [1.29, 1.82) is 0 Å². The maximum atomic E-state index is 13.6. The summed E-state index contributed by atoms with van der Waals surface area (Å²) in [4.78, 5) is 11.8. The van der Waals surface area contributed by atoms with Gasteiger partial charge in [0.1, 0.15) is 11.6 Å². The molecule has 0 aromatic heterocycles. The molecule has 110 valence electrons. The first-order chi connectivity index (χ1) is 10.1. The van der Waals surface area contributed by atoms with Gasteiger partial charge < -0.3 is 15.8 Å². The summed E-state index contributed by atoms with van der Waals surface area (Å²) in [6, 6.07) is 11.8. The van der Waals surface area contributed by atoms with Crippen LogP contribution in [0.4, 0.5) is 10.1 Å². The van der Waals surface area contributed by atoms with Crippen LogP contribution >= 0.6 is 0 Å². The van der Waals surface area contributed by atoms with E-state index in [1.165, 1.54) is 6.07 Å². The molecule has 4 nitrogen and oxygen atoms in total. The molecule has 0 fully saturated rings. The van der Waals surface area contributed by atoms with Crippen molar-refractivity contribution in [1.82, 2.24) is 0 Å². The molecule has 0 aliphatic rings. The molecule has 3 N–H and O–H groups in total. The second kappa shape index (κ2) is 6.85. The van der Waals surface area contributed by atoms with Crippen LogP contribution in [0.5, 0.6) is 5.75 Å². The molecule has 5 heteroatoms. The average Bonchev–Trinajstić information content (AvgIpc) is 2.49. The predicted molar refractivity (Wildman–Crippen MR) is 79.6 cm³/mol. The van der Waals surface area contributed by atoms with E-state index in [-0.39, 0.29) is 12.3 Å². The van der Waals surface area contributed by atoms with Crippen molar-refractivity contribution in [2.24, 2.45) is 5.73 Å². The Morgan fingerprint density at radius 3 is 2.57 bits per heavy atom. The standard InChI is InChI=1S/C16H17FN2O2/c1-11-3-2-4-14(17)16(11)19-15(20)10-21-13-7-5-12(9-18)6-8-13/h2-8H,9-10,18H2,1H3,(H,19,20). The van der Waals surface area contributed by atoms with Crippen molar-refractivity contribution in [3.8, 4) is 5.75 Å². The summed E-state index contributed by atoms with van der Waals surface area (Å²) in [5.41, 5.74) is 7.32. The smallest absolute Gasteiger partial charge is 0.262 e. The number of nitrogens with one attached hydrogen (secondary N) is 1. The van der Waals surface area contributed by atoms with Gasteiger partial charge in [-0.25, -0.2) is 4.39 Å². The Morgan fingerprint density at radius 2 is 1.95 bits per heavy atom. The van der Waals surface area contributed by atoms with Crippen LogP contribution < -0.4 is 15.8 Å². The van der Waals surface area contributed by atoms with Gasteiger partial charge in [0.2, 0.25) is 0 Å². The van der Waals surface area contributed by atoms with E-state index in [1.54, 1.807) is 31.2 Å². The number of anilines is 1. The normalized spacial score (nSPS) is 10.2. The maximum Gasteiger partial charge on any atom is 0.262 e. The minimum absolute atomic E-state index is 0.185. The zero-order valence-corrected chi connectivity index (χ0v) is 11.7. The molecule has 2 aromatic rings. The molecule has 0 bridgehead atoms. The van der Waals surface area contributed by atoms with Crippen LogP contribution in [-0.2, 0) is 11.3 Å². The zero-order valence-electron chi connectivity index (χ0n) is 11.7. The van der Waals surface area contributed by atoms with Gasteiger partial charge >= 0.3 is 0 Å². The first-order valence-electron chi connectivity index (χ1n) is 6.57. The number of carbonyl (C=O) groups is 1. The molecular formula is C16H17FN2O2. The number of rotatable bonds is 5. The molecule has 0 saturated heterocycles. The predicted octanol–water partition coefficient (Wildman–Crippen LogP) is 2.61. The third kappa shape index (κ3) is 4.03. The average molecular weight is 288 g/mol. The van der Waals surface area contributed by atoms with E-state index in [0.717, 1.165) is 5.56 Å². The lowest BCUT2D eigenvalue weighted by molar-refractivity contribution is -0.118. The lowest BCUT2D eigenvalue weighted by Gasteiger charge is -2.10. The van der Waals surface area contributed by atoms with Crippen molar-refractivity contribution >= 4 is 11.6 Å². The Hall–Kier alpha value is -2.40. The number of amides is 1. The van der Waals surface area contributed by atoms with Crippen LogP contribution in [0.15, 0.2) is 42.5 Å². The van der Waals surface area contributed by atoms with Crippen molar-refractivity contribution in [2.45, 2.75) is 13.5 Å². The van der Waals surface area contributed by atoms with E-state index in [1.807, 2.05) is 12.1 Å². The van der Waals surface area contributed by atoms with Crippen molar-refractivity contribution in [2.75, 3.05) is 11.9 Å². The minimum Gasteiger partial charge on any atom is -0.484 e. The number of aryl methyl sites for hydroxylation is 1. The number of hydrogen-bond acceptors (Lipinski definition) is 3. The molecule has 0 heterocycles. The Labute approximate surface area is 122 Å². The van der Waals surface area contributed by atoms with Crippen LogP contribution in [0.2, 0.25) is 0 Å². The Bertz CT molecular complexity index is 606. The SMILES string of the molecule is Cc1cccc(F)c1NC(=O)COc1ccc(CN)cc1. The monoisotopic (exact) mass is 288 g/mol. The highest BCUT2D eigenvalue weighted by molar-refractivity contribution is 5.92. The molecule has 0 spiro atoms. The Balaban J connectivity index is 1.92. The second-order valence-corrected chi connectivity index (χ2v) is 4.62. The highest BCUT2D eigenvalue weighted by Crippen LogP contribution is 2.18. The number of benzene rings is 2.